The number of unbranched alkanes of at least 4 members (excludes halogenated alkanes) is 2. The molecule has 0 spiro atoms. The molecule has 1 heterocycles. The number of nitrogens with zero attached hydrogens (tertiary/aromatic N) is 1. The van der Waals surface area contributed by atoms with Crippen molar-refractivity contribution >= 4 is 24.0 Å². The van der Waals surface area contributed by atoms with E-state index in [1.807, 2.05) is 0 Å². The van der Waals surface area contributed by atoms with Gasteiger partial charge in [-0.3, -0.25) is 0 Å². The first-order valence-electron chi connectivity index (χ1n) is 13.3. The first-order chi connectivity index (χ1) is 16.8. The van der Waals surface area contributed by atoms with E-state index in [0.717, 1.165) is 44.6 Å². The third-order valence-corrected chi connectivity index (χ3v) is 7.64. The van der Waals surface area contributed by atoms with Crippen molar-refractivity contribution < 1.29 is 5.32 Å². The highest BCUT2D eigenvalue weighted by Gasteiger charge is 2.39. The zero-order valence-electron chi connectivity index (χ0n) is 22.3. The minimum Gasteiger partial charge on any atom is -0.344 e. The van der Waals surface area contributed by atoms with Crippen LogP contribution in [0.3, 0.4) is 0 Å². The second-order valence-electron chi connectivity index (χ2n) is 10.9. The number of allylic oxidation sites excluding steroid dienone is 4. The van der Waals surface area contributed by atoms with Crippen LogP contribution in [0.5, 0.6) is 0 Å². The summed E-state index contributed by atoms with van der Waals surface area (Å²) in [6, 6.07) is 17.7. The van der Waals surface area contributed by atoms with Crippen molar-refractivity contribution in [2.45, 2.75) is 70.6 Å². The second-order valence-corrected chi connectivity index (χ2v) is 11.3. The molecule has 1 aliphatic rings. The third kappa shape index (κ3) is 6.81. The highest BCUT2D eigenvalue weighted by Crippen LogP contribution is 2.47. The summed E-state index contributed by atoms with van der Waals surface area (Å²) < 4.78 is 0. The number of nitrogens with two attached hydrogens (primary N) is 2. The van der Waals surface area contributed by atoms with Crippen molar-refractivity contribution in [2.75, 3.05) is 30.3 Å². The van der Waals surface area contributed by atoms with Crippen molar-refractivity contribution in [1.29, 1.82) is 0 Å². The van der Waals surface area contributed by atoms with Crippen LogP contribution >= 0.6 is 12.6 Å². The molecule has 2 aromatic carbocycles. The smallest absolute Gasteiger partial charge is 0.133 e. The molecule has 0 fully saturated rings. The monoisotopic (exact) mass is 492 g/mol. The number of quaternary nitrogens is 1. The van der Waals surface area contributed by atoms with E-state index in [-0.39, 0.29) is 10.8 Å². The molecule has 0 atom stereocenters. The molecule has 0 aliphatic carbocycles. The fourth-order valence-corrected chi connectivity index (χ4v) is 5.46. The number of hydrogen-bond acceptors (Lipinski definition) is 3. The molecule has 0 aromatic heterocycles. The lowest BCUT2D eigenvalue weighted by molar-refractivity contribution is -0.572. The zero-order chi connectivity index (χ0) is 25.3. The quantitative estimate of drug-likeness (QED) is 0.176. The summed E-state index contributed by atoms with van der Waals surface area (Å²) in [7, 11) is 0. The van der Waals surface area contributed by atoms with Gasteiger partial charge >= 0.3 is 0 Å². The molecular formula is C31H46N3S+. The van der Waals surface area contributed by atoms with E-state index >= 15 is 0 Å². The predicted molar refractivity (Wildman–Crippen MR) is 156 cm³/mol. The van der Waals surface area contributed by atoms with Crippen molar-refractivity contribution in [3.8, 4) is 0 Å². The van der Waals surface area contributed by atoms with Crippen LogP contribution in [-0.4, -0.2) is 25.4 Å². The molecule has 0 saturated carbocycles. The number of fused-ring (bicyclic) bond motifs is 1. The number of benzene rings is 2. The van der Waals surface area contributed by atoms with Gasteiger partial charge < -0.3 is 16.0 Å². The molecule has 0 radical (unpaired) electrons. The van der Waals surface area contributed by atoms with Crippen LogP contribution in [0.1, 0.15) is 70.9 Å². The number of hydrogen-bond donors (Lipinski definition) is 3. The summed E-state index contributed by atoms with van der Waals surface area (Å²) in [5.74, 6) is 0.966. The number of anilines is 1. The van der Waals surface area contributed by atoms with Gasteiger partial charge in [0, 0.05) is 28.9 Å². The highest BCUT2D eigenvalue weighted by atomic mass is 32.1. The van der Waals surface area contributed by atoms with Gasteiger partial charge in [0.2, 0.25) is 0 Å². The molecular weight excluding hydrogens is 446 g/mol. The Balaban J connectivity index is 1.76. The van der Waals surface area contributed by atoms with Gasteiger partial charge in [0.15, 0.2) is 0 Å². The van der Waals surface area contributed by atoms with Gasteiger partial charge in [-0.05, 0) is 73.6 Å². The maximum absolute atomic E-state index is 5.78. The normalized spacial score (nSPS) is 16.4. The van der Waals surface area contributed by atoms with Gasteiger partial charge in [0.1, 0.15) is 5.69 Å². The van der Waals surface area contributed by atoms with E-state index in [4.69, 9.17) is 5.73 Å². The zero-order valence-corrected chi connectivity index (χ0v) is 23.2. The maximum Gasteiger partial charge on any atom is 0.133 e. The number of para-hydroxylation sites is 2. The largest absolute Gasteiger partial charge is 0.344 e. The Labute approximate surface area is 219 Å². The van der Waals surface area contributed by atoms with Crippen LogP contribution < -0.4 is 16.0 Å². The van der Waals surface area contributed by atoms with E-state index in [2.05, 4.69) is 117 Å². The summed E-state index contributed by atoms with van der Waals surface area (Å²) in [5, 5.41) is 2.41. The molecule has 3 nitrogen and oxygen atoms in total. The van der Waals surface area contributed by atoms with Gasteiger partial charge in [-0.2, -0.15) is 12.6 Å². The summed E-state index contributed by atoms with van der Waals surface area (Å²) in [5.41, 5.74) is 12.8. The van der Waals surface area contributed by atoms with Crippen molar-refractivity contribution in [1.82, 2.24) is 0 Å². The molecule has 0 bridgehead atoms. The first-order valence-corrected chi connectivity index (χ1v) is 13.9. The Bertz CT molecular complexity index is 1010. The van der Waals surface area contributed by atoms with E-state index in [1.54, 1.807) is 0 Å². The van der Waals surface area contributed by atoms with Crippen molar-refractivity contribution in [3.05, 3.63) is 83.6 Å². The Kier molecular flexibility index (Phi) is 10.1. The van der Waals surface area contributed by atoms with Gasteiger partial charge in [-0.25, -0.2) is 0 Å². The van der Waals surface area contributed by atoms with Crippen LogP contribution in [0.2, 0.25) is 0 Å². The maximum atomic E-state index is 5.78. The average Bonchev–Trinajstić information content (AvgIpc) is 3.06. The predicted octanol–water partition coefficient (Wildman–Crippen LogP) is 6.24. The summed E-state index contributed by atoms with van der Waals surface area (Å²) in [4.78, 5) is 2.51. The Hall–Kier alpha value is -2.01. The molecule has 0 amide bonds. The third-order valence-electron chi connectivity index (χ3n) is 7.32. The number of thiol groups is 1. The lowest BCUT2D eigenvalue weighted by Crippen LogP contribution is -2.78. The highest BCUT2D eigenvalue weighted by molar-refractivity contribution is 7.80. The average molecular weight is 493 g/mol. The van der Waals surface area contributed by atoms with Crippen LogP contribution in [0.15, 0.2) is 72.5 Å². The fraction of sp³-hybridized carbons (Fsp3) is 0.484. The fourth-order valence-electron chi connectivity index (χ4n) is 5.23. The number of rotatable bonds is 13. The molecule has 4 heteroatoms. The Morgan fingerprint density at radius 1 is 1.00 bits per heavy atom. The summed E-state index contributed by atoms with van der Waals surface area (Å²) in [6.45, 7) is 12.3. The Morgan fingerprint density at radius 3 is 2.51 bits per heavy atom. The lowest BCUT2D eigenvalue weighted by atomic mass is 9.80. The van der Waals surface area contributed by atoms with Gasteiger partial charge in [0.05, 0.1) is 6.54 Å². The molecule has 0 unspecified atom stereocenters. The molecule has 2 aromatic rings. The van der Waals surface area contributed by atoms with Gasteiger partial charge in [0.25, 0.3) is 0 Å². The summed E-state index contributed by atoms with van der Waals surface area (Å²) >= 11 is 4.34. The van der Waals surface area contributed by atoms with E-state index in [1.165, 1.54) is 41.0 Å². The van der Waals surface area contributed by atoms with Crippen LogP contribution in [0.4, 0.5) is 11.4 Å². The van der Waals surface area contributed by atoms with Gasteiger partial charge in [-0.1, -0.05) is 76.2 Å². The first kappa shape index (κ1) is 27.6. The summed E-state index contributed by atoms with van der Waals surface area (Å²) in [6.07, 6.45) is 12.5. The lowest BCUT2D eigenvalue weighted by Gasteiger charge is -2.27. The molecule has 1 aliphatic heterocycles. The molecule has 0 saturated heterocycles. The molecule has 35 heavy (non-hydrogen) atoms. The standard InChI is InChI=1S/C31H45N3S/c1-30(2,25-15-5-7-17-27(25)33-22-12-14-24-35)20-10-9-19-29-31(3,4)26-16-6-8-18-28(26)34(29)23-13-11-21-32/h5-10,15-19,33,35H,11-14,20-24,32H2,1-4H3/p+1/b10-9+,29-19+. The Morgan fingerprint density at radius 2 is 1.74 bits per heavy atom. The second kappa shape index (κ2) is 12.8. The van der Waals surface area contributed by atoms with Crippen molar-refractivity contribution in [2.24, 2.45) is 5.73 Å². The van der Waals surface area contributed by atoms with Crippen LogP contribution in [0.25, 0.3) is 0 Å². The van der Waals surface area contributed by atoms with Crippen molar-refractivity contribution in [3.63, 3.8) is 0 Å². The van der Waals surface area contributed by atoms with E-state index in [9.17, 15) is 0 Å². The van der Waals surface area contributed by atoms with Gasteiger partial charge in [-0.15, -0.1) is 0 Å². The minimum absolute atomic E-state index is 0.00621. The molecule has 3 rings (SSSR count). The molecule has 4 N–H and O–H groups in total. The minimum atomic E-state index is -0.00621. The van der Waals surface area contributed by atoms with E-state index in [0.29, 0.717) is 0 Å². The SMILES string of the molecule is CC(C)(C/C=C/C=C1/N(CCCCN)c2ccccc2C1(C)C)c1ccccc1[NH2+]CCCCS. The van der Waals surface area contributed by atoms with E-state index < -0.39 is 0 Å². The van der Waals surface area contributed by atoms with Crippen LogP contribution in [-0.2, 0) is 10.8 Å². The topological polar surface area (TPSA) is 45.9 Å². The molecule has 190 valence electrons. The van der Waals surface area contributed by atoms with Crippen LogP contribution in [0, 0.1) is 0 Å².